The largest absolute Gasteiger partial charge is 0.493 e. The summed E-state index contributed by atoms with van der Waals surface area (Å²) in [4.78, 5) is 28.2. The van der Waals surface area contributed by atoms with Crippen LogP contribution in [0.1, 0.15) is 42.7 Å². The lowest BCUT2D eigenvalue weighted by molar-refractivity contribution is -0.131. The van der Waals surface area contributed by atoms with Gasteiger partial charge in [-0.05, 0) is 38.0 Å². The number of carbonyl (C=O) groups is 2. The lowest BCUT2D eigenvalue weighted by Crippen LogP contribution is -2.33. The molecular weight excluding hydrogens is 396 g/mol. The molecule has 9 heteroatoms. The zero-order valence-corrected chi connectivity index (χ0v) is 17.0. The maximum absolute atomic E-state index is 14.3. The number of amides is 2. The van der Waals surface area contributed by atoms with Crippen LogP contribution in [0.15, 0.2) is 30.5 Å². The highest BCUT2D eigenvalue weighted by molar-refractivity contribution is 5.97. The highest BCUT2D eigenvalue weighted by Crippen LogP contribution is 2.49. The molecule has 1 fully saturated rings. The van der Waals surface area contributed by atoms with Gasteiger partial charge in [0.2, 0.25) is 5.82 Å². The summed E-state index contributed by atoms with van der Waals surface area (Å²) in [6.07, 6.45) is 0.326. The average molecular weight is 419 g/mol. The maximum atomic E-state index is 14.3. The maximum Gasteiger partial charge on any atom is 0.267 e. The van der Waals surface area contributed by atoms with E-state index >= 15 is 0 Å². The minimum absolute atomic E-state index is 0.00679. The number of benzene rings is 1. The van der Waals surface area contributed by atoms with E-state index in [1.165, 1.54) is 31.5 Å². The van der Waals surface area contributed by atoms with Gasteiger partial charge < -0.3 is 20.5 Å². The van der Waals surface area contributed by atoms with Crippen molar-refractivity contribution in [3.8, 4) is 5.75 Å². The molecule has 0 bridgehead atoms. The minimum atomic E-state index is -1.12. The fourth-order valence-corrected chi connectivity index (χ4v) is 3.72. The minimum Gasteiger partial charge on any atom is -0.493 e. The second kappa shape index (κ2) is 7.98. The molecule has 0 radical (unpaired) electrons. The number of primary amides is 1. The molecule has 0 spiro atoms. The fraction of sp³-hybridized carbons (Fsp3) is 0.381. The molecule has 2 aromatic rings. The second-order valence-corrected chi connectivity index (χ2v) is 7.72. The Morgan fingerprint density at radius 2 is 1.97 bits per heavy atom. The van der Waals surface area contributed by atoms with Gasteiger partial charge in [-0.25, -0.2) is 4.39 Å². The van der Waals surface area contributed by atoms with Crippen molar-refractivity contribution >= 4 is 17.5 Å². The van der Waals surface area contributed by atoms with Crippen LogP contribution in [0, 0.1) is 17.6 Å². The molecule has 7 nitrogen and oxygen atoms in total. The molecule has 30 heavy (non-hydrogen) atoms. The van der Waals surface area contributed by atoms with Gasteiger partial charge in [-0.1, -0.05) is 13.0 Å². The molecule has 1 aromatic carbocycles. The van der Waals surface area contributed by atoms with Crippen molar-refractivity contribution in [1.29, 1.82) is 0 Å². The van der Waals surface area contributed by atoms with E-state index in [0.29, 0.717) is 11.3 Å². The molecule has 1 aromatic heterocycles. The van der Waals surface area contributed by atoms with Crippen LogP contribution in [-0.2, 0) is 9.53 Å². The highest BCUT2D eigenvalue weighted by Gasteiger charge is 2.51. The number of methoxy groups -OCH3 is 1. The molecule has 3 N–H and O–H groups in total. The number of carbonyl (C=O) groups excluding carboxylic acids is 2. The van der Waals surface area contributed by atoms with Gasteiger partial charge in [0.25, 0.3) is 11.8 Å². The highest BCUT2D eigenvalue weighted by atomic mass is 19.2. The zero-order valence-electron chi connectivity index (χ0n) is 17.0. The first-order valence-electron chi connectivity index (χ1n) is 9.33. The van der Waals surface area contributed by atoms with Crippen LogP contribution in [-0.4, -0.2) is 35.6 Å². The van der Waals surface area contributed by atoms with Crippen molar-refractivity contribution in [2.75, 3.05) is 12.4 Å². The Balaban J connectivity index is 1.98. The van der Waals surface area contributed by atoms with Gasteiger partial charge in [-0.2, -0.15) is 4.39 Å². The zero-order chi connectivity index (χ0) is 22.2. The number of nitrogens with one attached hydrogen (secondary N) is 1. The van der Waals surface area contributed by atoms with Crippen molar-refractivity contribution in [3.63, 3.8) is 0 Å². The van der Waals surface area contributed by atoms with E-state index in [0.717, 1.165) is 6.07 Å². The summed E-state index contributed by atoms with van der Waals surface area (Å²) in [5.41, 5.74) is 5.14. The molecule has 0 aliphatic carbocycles. The number of nitrogens with zero attached hydrogens (tertiary/aromatic N) is 1. The second-order valence-electron chi connectivity index (χ2n) is 7.72. The monoisotopic (exact) mass is 419 g/mol. The standard InChI is InChI=1S/C21H23F2N3O4/c1-10-15(12-5-6-13(22)16(23)17(12)29-4)18(30-21(10,2)3)20(28)26-11-7-8-25-14(9-11)19(24)27/h5-10,15,18H,1-4H3,(H2,24,27)(H,25,26,28)/t10?,15-,18+/m1/s1. The third kappa shape index (κ3) is 3.85. The quantitative estimate of drug-likeness (QED) is 0.776. The first-order chi connectivity index (χ1) is 14.1. The van der Waals surface area contributed by atoms with E-state index in [-0.39, 0.29) is 17.4 Å². The van der Waals surface area contributed by atoms with Gasteiger partial charge in [0.05, 0.1) is 12.7 Å². The van der Waals surface area contributed by atoms with Gasteiger partial charge in [0.1, 0.15) is 11.8 Å². The summed E-state index contributed by atoms with van der Waals surface area (Å²) in [5, 5.41) is 2.68. The van der Waals surface area contributed by atoms with Crippen molar-refractivity contribution in [1.82, 2.24) is 4.98 Å². The SMILES string of the molecule is COc1c([C@H]2C(C)C(C)(C)O[C@@H]2C(=O)Nc2ccnc(C(N)=O)c2)ccc(F)c1F. The topological polar surface area (TPSA) is 104 Å². The van der Waals surface area contributed by atoms with Crippen LogP contribution in [0.5, 0.6) is 5.75 Å². The average Bonchev–Trinajstić information content (AvgIpc) is 2.93. The third-order valence-corrected chi connectivity index (χ3v) is 5.57. The Morgan fingerprint density at radius 3 is 2.60 bits per heavy atom. The predicted octanol–water partition coefficient (Wildman–Crippen LogP) is 3.00. The van der Waals surface area contributed by atoms with Gasteiger partial charge in [-0.15, -0.1) is 0 Å². The Bertz CT molecular complexity index is 996. The number of ether oxygens (including phenoxy) is 2. The van der Waals surface area contributed by atoms with Gasteiger partial charge in [-0.3, -0.25) is 14.6 Å². The molecule has 160 valence electrons. The van der Waals surface area contributed by atoms with Crippen molar-refractivity contribution in [2.24, 2.45) is 11.7 Å². The van der Waals surface area contributed by atoms with E-state index in [1.54, 1.807) is 0 Å². The predicted molar refractivity (Wildman–Crippen MR) is 105 cm³/mol. The third-order valence-electron chi connectivity index (χ3n) is 5.57. The Kier molecular flexibility index (Phi) is 5.76. The molecule has 1 aliphatic heterocycles. The number of hydrogen-bond acceptors (Lipinski definition) is 5. The molecule has 2 amide bonds. The summed E-state index contributed by atoms with van der Waals surface area (Å²) in [6, 6.07) is 5.25. The molecule has 1 saturated heterocycles. The number of anilines is 1. The van der Waals surface area contributed by atoms with Crippen molar-refractivity contribution in [3.05, 3.63) is 53.4 Å². The van der Waals surface area contributed by atoms with Gasteiger partial charge >= 0.3 is 0 Å². The van der Waals surface area contributed by atoms with E-state index in [2.05, 4.69) is 10.3 Å². The fourth-order valence-electron chi connectivity index (χ4n) is 3.72. The van der Waals surface area contributed by atoms with Crippen LogP contribution >= 0.6 is 0 Å². The molecule has 0 saturated carbocycles. The van der Waals surface area contributed by atoms with E-state index in [1.807, 2.05) is 20.8 Å². The molecule has 3 atom stereocenters. The summed E-state index contributed by atoms with van der Waals surface area (Å²) in [5.74, 6) is -4.50. The van der Waals surface area contributed by atoms with E-state index in [4.69, 9.17) is 15.2 Å². The van der Waals surface area contributed by atoms with E-state index in [9.17, 15) is 18.4 Å². The molecular formula is C21H23F2N3O4. The number of pyridine rings is 1. The Hall–Kier alpha value is -3.07. The van der Waals surface area contributed by atoms with Crippen molar-refractivity contribution < 1.29 is 27.8 Å². The number of aromatic nitrogens is 1. The van der Waals surface area contributed by atoms with Crippen LogP contribution < -0.4 is 15.8 Å². The first-order valence-corrected chi connectivity index (χ1v) is 9.33. The van der Waals surface area contributed by atoms with Gasteiger partial charge in [0, 0.05) is 23.4 Å². The number of hydrogen-bond donors (Lipinski definition) is 2. The normalized spacial score (nSPS) is 22.5. The van der Waals surface area contributed by atoms with Gasteiger partial charge in [0.15, 0.2) is 11.6 Å². The van der Waals surface area contributed by atoms with Crippen LogP contribution in [0.25, 0.3) is 0 Å². The van der Waals surface area contributed by atoms with Crippen molar-refractivity contribution in [2.45, 2.75) is 38.4 Å². The lowest BCUT2D eigenvalue weighted by atomic mass is 9.78. The molecule has 1 unspecified atom stereocenters. The van der Waals surface area contributed by atoms with E-state index < -0.39 is 41.1 Å². The first kappa shape index (κ1) is 21.6. The summed E-state index contributed by atoms with van der Waals surface area (Å²) in [7, 11) is 1.24. The molecule has 1 aliphatic rings. The van der Waals surface area contributed by atoms with Crippen LogP contribution in [0.3, 0.4) is 0 Å². The summed E-state index contributed by atoms with van der Waals surface area (Å²) in [6.45, 7) is 5.51. The Labute approximate surface area is 172 Å². The summed E-state index contributed by atoms with van der Waals surface area (Å²) < 4.78 is 39.2. The van der Waals surface area contributed by atoms with Crippen LogP contribution in [0.4, 0.5) is 14.5 Å². The number of halogens is 2. The molecule has 3 rings (SSSR count). The smallest absolute Gasteiger partial charge is 0.267 e. The lowest BCUT2D eigenvalue weighted by Gasteiger charge is -2.25. The Morgan fingerprint density at radius 1 is 1.27 bits per heavy atom. The molecule has 2 heterocycles. The summed E-state index contributed by atoms with van der Waals surface area (Å²) >= 11 is 0. The van der Waals surface area contributed by atoms with Crippen LogP contribution in [0.2, 0.25) is 0 Å². The number of rotatable bonds is 5. The number of nitrogens with two attached hydrogens (primary N) is 1.